The smallest absolute Gasteiger partial charge is 0.291 e. The van der Waals surface area contributed by atoms with Crippen LogP contribution in [0.15, 0.2) is 29.0 Å². The first-order chi connectivity index (χ1) is 9.16. The van der Waals surface area contributed by atoms with Gasteiger partial charge >= 0.3 is 0 Å². The second-order valence-corrected chi connectivity index (χ2v) is 4.67. The Hall–Kier alpha value is -2.01. The van der Waals surface area contributed by atoms with Gasteiger partial charge in [0.15, 0.2) is 10.7 Å². The lowest BCUT2D eigenvalue weighted by Crippen LogP contribution is -2.99. The number of fused-ring (bicyclic) bond motifs is 1. The van der Waals surface area contributed by atoms with E-state index in [1.807, 2.05) is 0 Å². The number of nitrogens with one attached hydrogen (secondary N) is 2. The zero-order chi connectivity index (χ0) is 13.4. The van der Waals surface area contributed by atoms with Crippen LogP contribution in [0.25, 0.3) is 11.2 Å². The van der Waals surface area contributed by atoms with Gasteiger partial charge in [-0.05, 0) is 11.8 Å². The number of nitrogens with zero attached hydrogens (tertiary/aromatic N) is 5. The fourth-order valence-electron chi connectivity index (χ4n) is 1.60. The van der Waals surface area contributed by atoms with Crippen LogP contribution < -0.4 is 5.23 Å². The Balaban J connectivity index is 2.06. The molecule has 0 aliphatic rings. The number of quaternary nitrogens is 1. The van der Waals surface area contributed by atoms with Crippen molar-refractivity contribution in [2.24, 2.45) is 7.05 Å². The number of aromatic amines is 1. The van der Waals surface area contributed by atoms with Crippen LogP contribution in [-0.2, 0) is 7.05 Å². The second kappa shape index (κ2) is 4.59. The van der Waals surface area contributed by atoms with Crippen molar-refractivity contribution in [2.75, 3.05) is 0 Å². The summed E-state index contributed by atoms with van der Waals surface area (Å²) in [5, 5.41) is 20.2. The topological polar surface area (TPSA) is 120 Å². The van der Waals surface area contributed by atoms with Gasteiger partial charge < -0.3 is 14.8 Å². The number of rotatable bonds is 3. The highest BCUT2D eigenvalue weighted by molar-refractivity contribution is 7.99. The number of aromatic nitrogens is 6. The van der Waals surface area contributed by atoms with Crippen molar-refractivity contribution in [3.05, 3.63) is 24.2 Å². The van der Waals surface area contributed by atoms with Gasteiger partial charge in [-0.3, -0.25) is 0 Å². The molecule has 3 aromatic heterocycles. The highest BCUT2D eigenvalue weighted by Crippen LogP contribution is 2.32. The molecular formula is C9H9N7O2S. The SMILES string of the molecule is Cn1cnc([NH+]([O-])O)c1Sc1ncnc2nc[nH]c12. The Kier molecular flexibility index (Phi) is 2.91. The van der Waals surface area contributed by atoms with Crippen molar-refractivity contribution in [1.29, 1.82) is 0 Å². The van der Waals surface area contributed by atoms with E-state index in [9.17, 15) is 5.21 Å². The maximum atomic E-state index is 11.1. The zero-order valence-electron chi connectivity index (χ0n) is 9.73. The van der Waals surface area contributed by atoms with Crippen molar-refractivity contribution in [2.45, 2.75) is 10.1 Å². The van der Waals surface area contributed by atoms with Crippen LogP contribution in [0.2, 0.25) is 0 Å². The van der Waals surface area contributed by atoms with E-state index in [1.54, 1.807) is 11.6 Å². The van der Waals surface area contributed by atoms with Gasteiger partial charge in [-0.2, -0.15) is 10.2 Å². The van der Waals surface area contributed by atoms with E-state index in [1.165, 1.54) is 30.7 Å². The first-order valence-corrected chi connectivity index (χ1v) is 6.05. The molecule has 19 heavy (non-hydrogen) atoms. The quantitative estimate of drug-likeness (QED) is 0.442. The molecule has 0 amide bonds. The third kappa shape index (κ3) is 2.06. The monoisotopic (exact) mass is 279 g/mol. The van der Waals surface area contributed by atoms with Gasteiger partial charge in [0.1, 0.15) is 23.2 Å². The molecule has 0 radical (unpaired) electrons. The number of H-pyrrole nitrogens is 1. The third-order valence-corrected chi connectivity index (χ3v) is 3.64. The lowest BCUT2D eigenvalue weighted by atomic mass is 10.6. The van der Waals surface area contributed by atoms with Gasteiger partial charge in [0.05, 0.1) is 6.33 Å². The molecule has 9 nitrogen and oxygen atoms in total. The summed E-state index contributed by atoms with van der Waals surface area (Å²) in [5.74, 6) is -0.00113. The van der Waals surface area contributed by atoms with Crippen LogP contribution in [-0.4, -0.2) is 34.7 Å². The fraction of sp³-hybridized carbons (Fsp3) is 0.111. The highest BCUT2D eigenvalue weighted by Gasteiger charge is 2.19. The van der Waals surface area contributed by atoms with Gasteiger partial charge in [-0.15, -0.1) is 0 Å². The highest BCUT2D eigenvalue weighted by atomic mass is 32.2. The average molecular weight is 279 g/mol. The van der Waals surface area contributed by atoms with Crippen molar-refractivity contribution in [1.82, 2.24) is 29.5 Å². The van der Waals surface area contributed by atoms with E-state index in [2.05, 4.69) is 24.9 Å². The maximum Gasteiger partial charge on any atom is 0.291 e. The Morgan fingerprint density at radius 2 is 2.21 bits per heavy atom. The second-order valence-electron chi connectivity index (χ2n) is 3.70. The maximum absolute atomic E-state index is 11.1. The van der Waals surface area contributed by atoms with Crippen LogP contribution in [0.3, 0.4) is 0 Å². The summed E-state index contributed by atoms with van der Waals surface area (Å²) in [6.07, 6.45) is 4.37. The molecule has 0 fully saturated rings. The minimum absolute atomic E-state index is 0.00113. The van der Waals surface area contributed by atoms with E-state index in [0.29, 0.717) is 21.2 Å². The van der Waals surface area contributed by atoms with E-state index >= 15 is 0 Å². The molecular weight excluding hydrogens is 270 g/mol. The summed E-state index contributed by atoms with van der Waals surface area (Å²) in [5.41, 5.74) is 1.21. The van der Waals surface area contributed by atoms with Crippen molar-refractivity contribution in [3.8, 4) is 0 Å². The summed E-state index contributed by atoms with van der Waals surface area (Å²) >= 11 is 1.21. The predicted molar refractivity (Wildman–Crippen MR) is 64.8 cm³/mol. The van der Waals surface area contributed by atoms with Crippen LogP contribution in [0.4, 0.5) is 5.82 Å². The summed E-state index contributed by atoms with van der Waals surface area (Å²) in [6.45, 7) is 0. The molecule has 3 heterocycles. The van der Waals surface area contributed by atoms with Gasteiger partial charge in [-0.1, -0.05) is 0 Å². The molecule has 3 rings (SSSR count). The Morgan fingerprint density at radius 3 is 3.00 bits per heavy atom. The summed E-state index contributed by atoms with van der Waals surface area (Å²) in [4.78, 5) is 19.0. The largest absolute Gasteiger partial charge is 0.594 e. The van der Waals surface area contributed by atoms with Crippen LogP contribution >= 0.6 is 11.8 Å². The predicted octanol–water partition coefficient (Wildman–Crippen LogP) is -0.359. The van der Waals surface area contributed by atoms with Crippen LogP contribution in [0, 0.1) is 5.21 Å². The normalized spacial score (nSPS) is 13.0. The lowest BCUT2D eigenvalue weighted by molar-refractivity contribution is -0.994. The van der Waals surface area contributed by atoms with E-state index in [-0.39, 0.29) is 5.82 Å². The minimum atomic E-state index is -1.07. The molecule has 0 aliphatic carbocycles. The fourth-order valence-corrected chi connectivity index (χ4v) is 2.56. The molecule has 0 saturated heterocycles. The van der Waals surface area contributed by atoms with Crippen LogP contribution in [0.1, 0.15) is 0 Å². The van der Waals surface area contributed by atoms with Crippen molar-refractivity contribution < 1.29 is 10.4 Å². The Morgan fingerprint density at radius 1 is 1.37 bits per heavy atom. The molecule has 10 heteroatoms. The van der Waals surface area contributed by atoms with E-state index in [4.69, 9.17) is 5.21 Å². The molecule has 3 N–H and O–H groups in total. The van der Waals surface area contributed by atoms with E-state index < -0.39 is 5.23 Å². The van der Waals surface area contributed by atoms with Gasteiger partial charge in [0, 0.05) is 7.05 Å². The first-order valence-electron chi connectivity index (χ1n) is 5.23. The average Bonchev–Trinajstić information content (AvgIpc) is 2.97. The minimum Gasteiger partial charge on any atom is -0.594 e. The standard InChI is InChI=1S/C9H9N7O2S/c1-15-4-14-7(16(17)18)9(15)19-8-5-6(11-2-10-5)12-3-13-8/h2-4,16-17H,1H3,(H,10,11,12,13). The van der Waals surface area contributed by atoms with Crippen molar-refractivity contribution >= 4 is 28.7 Å². The van der Waals surface area contributed by atoms with E-state index in [0.717, 1.165) is 0 Å². The van der Waals surface area contributed by atoms with Gasteiger partial charge in [0.25, 0.3) is 5.82 Å². The summed E-state index contributed by atoms with van der Waals surface area (Å²) in [7, 11) is 1.73. The van der Waals surface area contributed by atoms with Crippen molar-refractivity contribution in [3.63, 3.8) is 0 Å². The Bertz CT molecular complexity index is 722. The number of hydrogen-bond acceptors (Lipinski definition) is 7. The summed E-state index contributed by atoms with van der Waals surface area (Å²) < 4.78 is 1.64. The summed E-state index contributed by atoms with van der Waals surface area (Å²) in [6, 6.07) is 0. The molecule has 3 aromatic rings. The third-order valence-electron chi connectivity index (χ3n) is 2.47. The van der Waals surface area contributed by atoms with Gasteiger partial charge in [-0.25, -0.2) is 20.2 Å². The first kappa shape index (κ1) is 12.0. The zero-order valence-corrected chi connectivity index (χ0v) is 10.5. The number of imidazole rings is 2. The molecule has 1 atom stereocenters. The molecule has 1 unspecified atom stereocenters. The molecule has 0 saturated carbocycles. The lowest BCUT2D eigenvalue weighted by Gasteiger charge is -2.10. The molecule has 0 aromatic carbocycles. The Labute approximate surface area is 110 Å². The number of aryl methyl sites for hydroxylation is 1. The molecule has 98 valence electrons. The van der Waals surface area contributed by atoms with Crippen LogP contribution in [0.5, 0.6) is 0 Å². The number of hydrogen-bond donors (Lipinski definition) is 3. The molecule has 0 aliphatic heterocycles. The molecule has 0 bridgehead atoms. The van der Waals surface area contributed by atoms with Gasteiger partial charge in [0.2, 0.25) is 0 Å². The molecule has 0 spiro atoms.